The maximum Gasteiger partial charge on any atom is 0.123 e. The van der Waals surface area contributed by atoms with E-state index in [-0.39, 0.29) is 5.82 Å². The molecule has 1 saturated carbocycles. The number of hydrogen-bond donors (Lipinski definition) is 1. The van der Waals surface area contributed by atoms with Crippen LogP contribution >= 0.6 is 0 Å². The van der Waals surface area contributed by atoms with Crippen molar-refractivity contribution < 1.29 is 9.50 Å². The maximum absolute atomic E-state index is 13.1. The molecule has 1 aliphatic carbocycles. The van der Waals surface area contributed by atoms with E-state index in [4.69, 9.17) is 0 Å². The van der Waals surface area contributed by atoms with Crippen molar-refractivity contribution in [2.45, 2.75) is 31.3 Å². The normalized spacial score (nSPS) is 20.1. The molecule has 1 aromatic carbocycles. The highest BCUT2D eigenvalue weighted by atomic mass is 19.1. The van der Waals surface area contributed by atoms with Crippen molar-refractivity contribution in [3.05, 3.63) is 35.6 Å². The Morgan fingerprint density at radius 1 is 1.38 bits per heavy atom. The minimum Gasteiger partial charge on any atom is -0.384 e. The number of aliphatic hydroxyl groups is 1. The highest BCUT2D eigenvalue weighted by Gasteiger charge is 2.36. The van der Waals surface area contributed by atoms with Crippen LogP contribution in [0, 0.1) is 5.82 Å². The molecule has 16 heavy (non-hydrogen) atoms. The van der Waals surface area contributed by atoms with Crippen LogP contribution in [0.4, 0.5) is 4.39 Å². The summed E-state index contributed by atoms with van der Waals surface area (Å²) in [6.07, 6.45) is 3.45. The van der Waals surface area contributed by atoms with Gasteiger partial charge in [0, 0.05) is 12.6 Å². The van der Waals surface area contributed by atoms with Crippen LogP contribution in [0.15, 0.2) is 29.3 Å². The number of benzene rings is 1. The lowest BCUT2D eigenvalue weighted by atomic mass is 9.90. The first-order valence-corrected chi connectivity index (χ1v) is 5.61. The number of halogens is 1. The van der Waals surface area contributed by atoms with Crippen molar-refractivity contribution in [1.29, 1.82) is 0 Å². The molecule has 0 bridgehead atoms. The van der Waals surface area contributed by atoms with E-state index in [1.807, 2.05) is 0 Å². The van der Waals surface area contributed by atoms with E-state index in [1.165, 1.54) is 12.1 Å². The topological polar surface area (TPSA) is 32.6 Å². The molecule has 0 spiro atoms. The minimum absolute atomic E-state index is 0.291. The summed E-state index contributed by atoms with van der Waals surface area (Å²) in [5, 5.41) is 10.4. The van der Waals surface area contributed by atoms with Gasteiger partial charge in [-0.25, -0.2) is 4.39 Å². The molecule has 1 aliphatic rings. The van der Waals surface area contributed by atoms with Crippen LogP contribution < -0.4 is 0 Å². The smallest absolute Gasteiger partial charge is 0.123 e. The molecule has 1 N–H and O–H groups in total. The Morgan fingerprint density at radius 2 is 2.06 bits per heavy atom. The third-order valence-electron chi connectivity index (χ3n) is 3.19. The summed E-state index contributed by atoms with van der Waals surface area (Å²) in [4.78, 5) is 4.15. The van der Waals surface area contributed by atoms with Gasteiger partial charge < -0.3 is 5.11 Å². The molecule has 0 aliphatic heterocycles. The molecule has 0 saturated heterocycles. The maximum atomic E-state index is 13.1. The standard InChI is InChI=1S/C13H16FNO/c1-15-12(13(16)7-2-3-8-13)10-5-4-6-11(14)9-10/h4-6,9,16H,2-3,7-8H2,1H3/b15-12+. The first-order chi connectivity index (χ1) is 7.65. The molecule has 1 aromatic rings. The van der Waals surface area contributed by atoms with Crippen LogP contribution in [0.3, 0.4) is 0 Å². The largest absolute Gasteiger partial charge is 0.384 e. The zero-order valence-electron chi connectivity index (χ0n) is 9.41. The predicted molar refractivity (Wildman–Crippen MR) is 62.3 cm³/mol. The molecule has 86 valence electrons. The van der Waals surface area contributed by atoms with Gasteiger partial charge in [-0.2, -0.15) is 0 Å². The zero-order valence-corrected chi connectivity index (χ0v) is 9.41. The summed E-state index contributed by atoms with van der Waals surface area (Å²) < 4.78 is 13.1. The SMILES string of the molecule is C/N=C(\c1cccc(F)c1)C1(O)CCCC1. The van der Waals surface area contributed by atoms with E-state index in [9.17, 15) is 9.50 Å². The molecule has 0 heterocycles. The molecule has 0 radical (unpaired) electrons. The van der Waals surface area contributed by atoms with Crippen molar-refractivity contribution in [1.82, 2.24) is 0 Å². The Balaban J connectivity index is 2.37. The van der Waals surface area contributed by atoms with Crippen LogP contribution in [0.25, 0.3) is 0 Å². The second-order valence-electron chi connectivity index (χ2n) is 4.32. The predicted octanol–water partition coefficient (Wildman–Crippen LogP) is 2.55. The molecular weight excluding hydrogens is 205 g/mol. The van der Waals surface area contributed by atoms with Gasteiger partial charge in [-0.1, -0.05) is 25.0 Å². The average Bonchev–Trinajstić information content (AvgIpc) is 2.67. The summed E-state index contributed by atoms with van der Waals surface area (Å²) in [5.74, 6) is -0.291. The molecule has 1 fully saturated rings. The van der Waals surface area contributed by atoms with Crippen LogP contribution in [0.5, 0.6) is 0 Å². The second-order valence-corrected chi connectivity index (χ2v) is 4.32. The highest BCUT2D eigenvalue weighted by Crippen LogP contribution is 2.33. The van der Waals surface area contributed by atoms with Crippen molar-refractivity contribution in [3.63, 3.8) is 0 Å². The van der Waals surface area contributed by atoms with E-state index in [1.54, 1.807) is 19.2 Å². The summed E-state index contributed by atoms with van der Waals surface area (Å²) in [5.41, 5.74) is 0.444. The van der Waals surface area contributed by atoms with E-state index in [0.717, 1.165) is 25.7 Å². The number of hydrogen-bond acceptors (Lipinski definition) is 2. The molecule has 2 nitrogen and oxygen atoms in total. The van der Waals surface area contributed by atoms with E-state index >= 15 is 0 Å². The molecule has 0 aromatic heterocycles. The summed E-state index contributed by atoms with van der Waals surface area (Å²) >= 11 is 0. The monoisotopic (exact) mass is 221 g/mol. The number of nitrogens with zero attached hydrogens (tertiary/aromatic N) is 1. The van der Waals surface area contributed by atoms with Crippen molar-refractivity contribution in [2.75, 3.05) is 7.05 Å². The van der Waals surface area contributed by atoms with Gasteiger partial charge in [0.05, 0.1) is 5.71 Å². The third kappa shape index (κ3) is 2.00. The van der Waals surface area contributed by atoms with Crippen LogP contribution in [0.1, 0.15) is 31.2 Å². The Labute approximate surface area is 94.8 Å². The number of aliphatic imine (C=N–C) groups is 1. The average molecular weight is 221 g/mol. The summed E-state index contributed by atoms with van der Waals surface area (Å²) in [6, 6.07) is 6.27. The van der Waals surface area contributed by atoms with Gasteiger partial charge in [-0.05, 0) is 25.0 Å². The molecule has 0 unspecified atom stereocenters. The van der Waals surface area contributed by atoms with Gasteiger partial charge in [-0.3, -0.25) is 4.99 Å². The molecule has 2 rings (SSSR count). The van der Waals surface area contributed by atoms with E-state index < -0.39 is 5.60 Å². The first-order valence-electron chi connectivity index (χ1n) is 5.61. The zero-order chi connectivity index (χ0) is 11.6. The minimum atomic E-state index is -0.859. The second kappa shape index (κ2) is 4.34. The molecular formula is C13H16FNO. The quantitative estimate of drug-likeness (QED) is 0.765. The van der Waals surface area contributed by atoms with Gasteiger partial charge in [0.15, 0.2) is 0 Å². The lowest BCUT2D eigenvalue weighted by molar-refractivity contribution is 0.121. The fraction of sp³-hybridized carbons (Fsp3) is 0.462. The molecule has 3 heteroatoms. The summed E-state index contributed by atoms with van der Waals surface area (Å²) in [7, 11) is 1.65. The molecule has 0 amide bonds. The Hall–Kier alpha value is -1.22. The Bertz CT molecular complexity index is 408. The van der Waals surface area contributed by atoms with Gasteiger partial charge in [-0.15, -0.1) is 0 Å². The van der Waals surface area contributed by atoms with Crippen molar-refractivity contribution >= 4 is 5.71 Å². The van der Waals surface area contributed by atoms with Gasteiger partial charge in [0.25, 0.3) is 0 Å². The van der Waals surface area contributed by atoms with E-state index in [0.29, 0.717) is 11.3 Å². The third-order valence-corrected chi connectivity index (χ3v) is 3.19. The highest BCUT2D eigenvalue weighted by molar-refractivity contribution is 6.06. The number of rotatable bonds is 2. The van der Waals surface area contributed by atoms with E-state index in [2.05, 4.69) is 4.99 Å². The summed E-state index contributed by atoms with van der Waals surface area (Å²) in [6.45, 7) is 0. The van der Waals surface area contributed by atoms with Gasteiger partial charge >= 0.3 is 0 Å². The fourth-order valence-electron chi connectivity index (χ4n) is 2.44. The van der Waals surface area contributed by atoms with Gasteiger partial charge in [0.2, 0.25) is 0 Å². The Morgan fingerprint density at radius 3 is 2.62 bits per heavy atom. The lowest BCUT2D eigenvalue weighted by Gasteiger charge is -2.24. The van der Waals surface area contributed by atoms with Crippen LogP contribution in [-0.2, 0) is 0 Å². The molecule has 0 atom stereocenters. The lowest BCUT2D eigenvalue weighted by Crippen LogP contribution is -2.36. The van der Waals surface area contributed by atoms with Crippen LogP contribution in [-0.4, -0.2) is 23.5 Å². The van der Waals surface area contributed by atoms with Crippen molar-refractivity contribution in [2.24, 2.45) is 4.99 Å². The Kier molecular flexibility index (Phi) is 3.06. The van der Waals surface area contributed by atoms with Crippen LogP contribution in [0.2, 0.25) is 0 Å². The fourth-order valence-corrected chi connectivity index (χ4v) is 2.44. The van der Waals surface area contributed by atoms with Gasteiger partial charge in [0.1, 0.15) is 11.4 Å². The van der Waals surface area contributed by atoms with Crippen molar-refractivity contribution in [3.8, 4) is 0 Å². The first kappa shape index (κ1) is 11.3.